The van der Waals surface area contributed by atoms with Gasteiger partial charge in [0.25, 0.3) is 0 Å². The van der Waals surface area contributed by atoms with Crippen molar-refractivity contribution in [1.29, 1.82) is 0 Å². The number of nitrogens with zero attached hydrogens (tertiary/aromatic N) is 1. The van der Waals surface area contributed by atoms with Gasteiger partial charge in [0, 0.05) is 11.1 Å². The smallest absolute Gasteiger partial charge is 0.123 e. The van der Waals surface area contributed by atoms with Gasteiger partial charge in [-0.15, -0.1) is 0 Å². The standard InChI is InChI=1S/C17H23NO2/c19-18-16-11-5-10-15-14(16)9-6-12-17(15)20-13-7-3-1-2-4-8-13/h6,9,12-13,19H,1-5,7-8,10-11H2/b18-16-. The second kappa shape index (κ2) is 6.29. The van der Waals surface area contributed by atoms with Crippen LogP contribution in [-0.4, -0.2) is 17.0 Å². The Kier molecular flexibility index (Phi) is 4.24. The molecule has 20 heavy (non-hydrogen) atoms. The van der Waals surface area contributed by atoms with Crippen molar-refractivity contribution in [2.45, 2.75) is 63.9 Å². The molecule has 1 saturated carbocycles. The lowest BCUT2D eigenvalue weighted by atomic mass is 9.89. The molecule has 1 fully saturated rings. The van der Waals surface area contributed by atoms with Gasteiger partial charge in [-0.1, -0.05) is 30.1 Å². The van der Waals surface area contributed by atoms with E-state index in [4.69, 9.17) is 9.94 Å². The zero-order valence-electron chi connectivity index (χ0n) is 12.0. The van der Waals surface area contributed by atoms with E-state index in [9.17, 15) is 0 Å². The molecule has 0 heterocycles. The molecule has 0 bridgehead atoms. The van der Waals surface area contributed by atoms with Crippen LogP contribution in [0.25, 0.3) is 0 Å². The third kappa shape index (κ3) is 2.82. The fraction of sp³-hybridized carbons (Fsp3) is 0.588. The number of ether oxygens (including phenoxy) is 1. The highest BCUT2D eigenvalue weighted by molar-refractivity contribution is 6.02. The number of oxime groups is 1. The van der Waals surface area contributed by atoms with Gasteiger partial charge in [-0.2, -0.15) is 0 Å². The topological polar surface area (TPSA) is 41.8 Å². The number of rotatable bonds is 2. The molecule has 0 saturated heterocycles. The Morgan fingerprint density at radius 1 is 1.00 bits per heavy atom. The molecule has 108 valence electrons. The van der Waals surface area contributed by atoms with Gasteiger partial charge < -0.3 is 9.94 Å². The van der Waals surface area contributed by atoms with Crippen molar-refractivity contribution in [1.82, 2.24) is 0 Å². The maximum atomic E-state index is 9.13. The summed E-state index contributed by atoms with van der Waals surface area (Å²) in [5.41, 5.74) is 3.11. The van der Waals surface area contributed by atoms with Crippen molar-refractivity contribution < 1.29 is 9.94 Å². The first-order valence-electron chi connectivity index (χ1n) is 7.88. The van der Waals surface area contributed by atoms with Crippen LogP contribution in [0.1, 0.15) is 62.5 Å². The highest BCUT2D eigenvalue weighted by atomic mass is 16.5. The SMILES string of the molecule is O/N=C1/CCCc2c(OC3CCCCCC3)cccc21. The lowest BCUT2D eigenvalue weighted by Gasteiger charge is -2.23. The second-order valence-electron chi connectivity index (χ2n) is 5.91. The normalized spacial score (nSPS) is 22.3. The first-order chi connectivity index (χ1) is 9.88. The summed E-state index contributed by atoms with van der Waals surface area (Å²) in [4.78, 5) is 0. The van der Waals surface area contributed by atoms with E-state index in [0.717, 1.165) is 36.3 Å². The molecule has 1 aromatic rings. The van der Waals surface area contributed by atoms with Crippen molar-refractivity contribution in [2.75, 3.05) is 0 Å². The summed E-state index contributed by atoms with van der Waals surface area (Å²) in [5, 5.41) is 12.6. The Labute approximate surface area is 120 Å². The highest BCUT2D eigenvalue weighted by Crippen LogP contribution is 2.32. The Bertz CT molecular complexity index is 488. The van der Waals surface area contributed by atoms with Crippen molar-refractivity contribution in [3.05, 3.63) is 29.3 Å². The van der Waals surface area contributed by atoms with E-state index in [1.54, 1.807) is 0 Å². The summed E-state index contributed by atoms with van der Waals surface area (Å²) in [7, 11) is 0. The predicted molar refractivity (Wildman–Crippen MR) is 79.8 cm³/mol. The van der Waals surface area contributed by atoms with Crippen molar-refractivity contribution in [2.24, 2.45) is 5.16 Å². The Morgan fingerprint density at radius 3 is 2.55 bits per heavy atom. The van der Waals surface area contributed by atoms with Gasteiger partial charge in [-0.05, 0) is 51.0 Å². The Hall–Kier alpha value is -1.51. The highest BCUT2D eigenvalue weighted by Gasteiger charge is 2.21. The van der Waals surface area contributed by atoms with Crippen LogP contribution in [0.5, 0.6) is 5.75 Å². The third-order valence-corrected chi connectivity index (χ3v) is 4.50. The van der Waals surface area contributed by atoms with Crippen LogP contribution in [-0.2, 0) is 6.42 Å². The van der Waals surface area contributed by atoms with E-state index in [2.05, 4.69) is 11.2 Å². The van der Waals surface area contributed by atoms with Crippen molar-refractivity contribution in [3.8, 4) is 5.75 Å². The van der Waals surface area contributed by atoms with Crippen LogP contribution in [0.15, 0.2) is 23.4 Å². The van der Waals surface area contributed by atoms with Crippen LogP contribution < -0.4 is 4.74 Å². The molecule has 0 radical (unpaired) electrons. The van der Waals surface area contributed by atoms with E-state index in [0.29, 0.717) is 6.10 Å². The largest absolute Gasteiger partial charge is 0.490 e. The predicted octanol–water partition coefficient (Wildman–Crippen LogP) is 4.30. The van der Waals surface area contributed by atoms with Gasteiger partial charge in [0.05, 0.1) is 11.8 Å². The summed E-state index contributed by atoms with van der Waals surface area (Å²) < 4.78 is 6.29. The molecule has 1 aromatic carbocycles. The number of fused-ring (bicyclic) bond motifs is 1. The second-order valence-corrected chi connectivity index (χ2v) is 5.91. The Balaban J connectivity index is 1.83. The minimum atomic E-state index is 0.362. The van der Waals surface area contributed by atoms with Gasteiger partial charge >= 0.3 is 0 Å². The summed E-state index contributed by atoms with van der Waals surface area (Å²) in [6.07, 6.45) is 10.9. The molecule has 0 unspecified atom stereocenters. The maximum absolute atomic E-state index is 9.13. The van der Waals surface area contributed by atoms with E-state index >= 15 is 0 Å². The molecular formula is C17H23NO2. The lowest BCUT2D eigenvalue weighted by Crippen LogP contribution is -2.19. The van der Waals surface area contributed by atoms with Crippen LogP contribution >= 0.6 is 0 Å². The van der Waals surface area contributed by atoms with Gasteiger partial charge in [0.1, 0.15) is 5.75 Å². The van der Waals surface area contributed by atoms with Crippen LogP contribution in [0.4, 0.5) is 0 Å². The zero-order valence-corrected chi connectivity index (χ0v) is 12.0. The minimum Gasteiger partial charge on any atom is -0.490 e. The first-order valence-corrected chi connectivity index (χ1v) is 7.88. The summed E-state index contributed by atoms with van der Waals surface area (Å²) in [5.74, 6) is 1.01. The van der Waals surface area contributed by atoms with Crippen LogP contribution in [0.3, 0.4) is 0 Å². The molecule has 0 spiro atoms. The number of hydrogen-bond acceptors (Lipinski definition) is 3. The quantitative estimate of drug-likeness (QED) is 0.496. The lowest BCUT2D eigenvalue weighted by molar-refractivity contribution is 0.181. The van der Waals surface area contributed by atoms with E-state index in [1.165, 1.54) is 44.1 Å². The molecule has 1 N–H and O–H groups in total. The van der Waals surface area contributed by atoms with E-state index in [1.807, 2.05) is 12.1 Å². The number of benzene rings is 1. The van der Waals surface area contributed by atoms with Crippen LogP contribution in [0, 0.1) is 0 Å². The van der Waals surface area contributed by atoms with Crippen molar-refractivity contribution in [3.63, 3.8) is 0 Å². The molecule has 3 nitrogen and oxygen atoms in total. The van der Waals surface area contributed by atoms with Crippen LogP contribution in [0.2, 0.25) is 0 Å². The van der Waals surface area contributed by atoms with Gasteiger partial charge in [0.2, 0.25) is 0 Å². The van der Waals surface area contributed by atoms with Gasteiger partial charge in [-0.25, -0.2) is 0 Å². The van der Waals surface area contributed by atoms with Gasteiger partial charge in [-0.3, -0.25) is 0 Å². The fourth-order valence-corrected chi connectivity index (χ4v) is 3.41. The molecule has 0 atom stereocenters. The summed E-state index contributed by atoms with van der Waals surface area (Å²) >= 11 is 0. The fourth-order valence-electron chi connectivity index (χ4n) is 3.41. The van der Waals surface area contributed by atoms with Crippen molar-refractivity contribution >= 4 is 5.71 Å². The molecule has 3 heteroatoms. The Morgan fingerprint density at radius 2 is 1.80 bits per heavy atom. The zero-order chi connectivity index (χ0) is 13.8. The average Bonchev–Trinajstić information content (AvgIpc) is 2.76. The molecule has 3 rings (SSSR count). The molecule has 2 aliphatic carbocycles. The maximum Gasteiger partial charge on any atom is 0.123 e. The van der Waals surface area contributed by atoms with Gasteiger partial charge in [0.15, 0.2) is 0 Å². The summed E-state index contributed by atoms with van der Waals surface area (Å²) in [6.45, 7) is 0. The minimum absolute atomic E-state index is 0.362. The third-order valence-electron chi connectivity index (χ3n) is 4.50. The molecular weight excluding hydrogens is 250 g/mol. The van der Waals surface area contributed by atoms with E-state index < -0.39 is 0 Å². The van der Waals surface area contributed by atoms with E-state index in [-0.39, 0.29) is 0 Å². The first kappa shape index (κ1) is 13.5. The molecule has 0 aliphatic heterocycles. The molecule has 0 amide bonds. The molecule has 0 aromatic heterocycles. The average molecular weight is 273 g/mol. The monoisotopic (exact) mass is 273 g/mol. The molecule has 2 aliphatic rings. The summed E-state index contributed by atoms with van der Waals surface area (Å²) in [6, 6.07) is 6.13. The number of hydrogen-bond donors (Lipinski definition) is 1.